The molecule has 5 heteroatoms. The number of rotatable bonds is 7. The summed E-state index contributed by atoms with van der Waals surface area (Å²) in [5, 5.41) is 3.61. The van der Waals surface area contributed by atoms with Crippen LogP contribution in [-0.2, 0) is 16.2 Å². The lowest BCUT2D eigenvalue weighted by Crippen LogP contribution is -2.31. The van der Waals surface area contributed by atoms with E-state index in [-0.39, 0.29) is 16.2 Å². The highest BCUT2D eigenvalue weighted by atomic mass is 16.5. The van der Waals surface area contributed by atoms with Crippen molar-refractivity contribution < 1.29 is 9.30 Å². The number of imidazole rings is 1. The third kappa shape index (κ3) is 8.24. The Morgan fingerprint density at radius 1 is 0.455 bits per heavy atom. The molecular weight excluding hydrogens is 937 g/mol. The molecule has 13 rings (SSSR count). The molecule has 3 heterocycles. The minimum atomic E-state index is -0.0832. The number of nitrogens with zero attached hydrogens (tertiary/aromatic N) is 4. The minimum Gasteiger partial charge on any atom is -0.458 e. The number of ether oxygens (including phenoxy) is 1. The summed E-state index contributed by atoms with van der Waals surface area (Å²) in [6.45, 7) is 20.5. The van der Waals surface area contributed by atoms with Gasteiger partial charge in [-0.3, -0.25) is 13.7 Å². The maximum absolute atomic E-state index is 7.02. The minimum absolute atomic E-state index is 0.0182. The third-order valence-electron chi connectivity index (χ3n) is 15.6. The number of aromatic nitrogens is 4. The number of pyridine rings is 1. The van der Waals surface area contributed by atoms with Crippen molar-refractivity contribution in [2.45, 2.75) is 78.6 Å². The van der Waals surface area contributed by atoms with Gasteiger partial charge in [0.1, 0.15) is 17.3 Å². The predicted octanol–water partition coefficient (Wildman–Crippen LogP) is 18.5. The molecule has 0 aliphatic heterocycles. The van der Waals surface area contributed by atoms with Gasteiger partial charge in [-0.15, -0.1) is 0 Å². The van der Waals surface area contributed by atoms with E-state index in [1.807, 2.05) is 12.3 Å². The monoisotopic (exact) mass is 998 g/mol. The molecule has 5 nitrogen and oxygen atoms in total. The van der Waals surface area contributed by atoms with E-state index in [4.69, 9.17) is 9.72 Å². The van der Waals surface area contributed by atoms with Crippen LogP contribution in [0.5, 0.6) is 11.5 Å². The topological polar surface area (TPSA) is 35.9 Å². The van der Waals surface area contributed by atoms with Gasteiger partial charge in [0.05, 0.1) is 33.6 Å². The van der Waals surface area contributed by atoms with Crippen LogP contribution in [0.2, 0.25) is 0 Å². The highest BCUT2D eigenvalue weighted by molar-refractivity contribution is 6.19. The van der Waals surface area contributed by atoms with Crippen LogP contribution in [-0.4, -0.2) is 14.1 Å². The number of fused-ring (bicyclic) bond motifs is 8. The van der Waals surface area contributed by atoms with E-state index in [2.05, 4.69) is 283 Å². The number of para-hydroxylation sites is 3. The number of hydrogen-bond acceptors (Lipinski definition) is 2. The standard InChI is InChI=1S/C72H62N4O/c1-70(2,3)49-24-14-22-47(40-49)55-30-19-31-56(48-23-15-25-50(41-48)71(4,5)6)68(55)75-45-74(62-34-12-13-35-63(62)75)52-26-18-27-53(43-52)77-54-36-37-60-64(44-54)76(65-42-51(38-39-73-65)72(7,8)9)69-59-29-11-10-28-57(59)58-32-16-20-46-21-17-33-61(66(46)58)67(60)69/h10-44H,1-9H3. The molecule has 0 saturated heterocycles. The molecule has 1 aliphatic carbocycles. The molecule has 0 amide bonds. The lowest BCUT2D eigenvalue weighted by molar-refractivity contribution is -0.571. The molecule has 0 N–H and O–H groups in total. The second kappa shape index (κ2) is 17.9. The van der Waals surface area contributed by atoms with Crippen molar-refractivity contribution in [1.82, 2.24) is 14.1 Å². The first kappa shape index (κ1) is 47.9. The fraction of sp³-hybridized carbons (Fsp3) is 0.167. The molecule has 0 radical (unpaired) electrons. The van der Waals surface area contributed by atoms with Crippen molar-refractivity contribution in [3.05, 3.63) is 235 Å². The molecule has 0 spiro atoms. The summed E-state index contributed by atoms with van der Waals surface area (Å²) in [6.07, 6.45) is 5.87. The number of benzene rings is 9. The predicted molar refractivity (Wildman–Crippen MR) is 319 cm³/mol. The van der Waals surface area contributed by atoms with E-state index in [0.717, 1.165) is 78.6 Å². The maximum Gasteiger partial charge on any atom is 0.269 e. The zero-order valence-corrected chi connectivity index (χ0v) is 45.4. The summed E-state index contributed by atoms with van der Waals surface area (Å²) in [4.78, 5) is 5.15. The molecule has 0 atom stereocenters. The van der Waals surface area contributed by atoms with Crippen molar-refractivity contribution in [1.29, 1.82) is 0 Å². The van der Waals surface area contributed by atoms with Crippen LogP contribution in [0, 0.1) is 6.33 Å². The fourth-order valence-electron chi connectivity index (χ4n) is 11.6. The SMILES string of the molecule is CC(C)(C)c1cccc(-c2cccc(-c3cccc(C(C)(C)C)c3)c2-[n+]2[c-]n(-c3cccc(Oc4ccc5c6c(n(-c7cc(C(C)(C)C)ccn7)c5c4)-c4ccccc4-c4cccc5cccc-6c45)c3)c3ccccc32)c1. The second-order valence-electron chi connectivity index (χ2n) is 23.9. The van der Waals surface area contributed by atoms with Crippen molar-refractivity contribution in [2.24, 2.45) is 0 Å². The molecule has 9 aromatic carbocycles. The molecule has 3 aromatic heterocycles. The Kier molecular flexibility index (Phi) is 11.1. The van der Waals surface area contributed by atoms with E-state index >= 15 is 0 Å². The van der Waals surface area contributed by atoms with Gasteiger partial charge in [0.2, 0.25) is 0 Å². The smallest absolute Gasteiger partial charge is 0.269 e. The Bertz CT molecular complexity index is 4240. The van der Waals surface area contributed by atoms with Crippen LogP contribution >= 0.6 is 0 Å². The fourth-order valence-corrected chi connectivity index (χ4v) is 11.6. The van der Waals surface area contributed by atoms with Gasteiger partial charge >= 0.3 is 0 Å². The molecule has 376 valence electrons. The van der Waals surface area contributed by atoms with E-state index < -0.39 is 0 Å². The molecular formula is C72H62N4O. The Morgan fingerprint density at radius 3 is 1.73 bits per heavy atom. The van der Waals surface area contributed by atoms with E-state index in [1.54, 1.807) is 0 Å². The van der Waals surface area contributed by atoms with Crippen molar-refractivity contribution in [3.63, 3.8) is 0 Å². The average molecular weight is 999 g/mol. The van der Waals surface area contributed by atoms with Gasteiger partial charge in [-0.1, -0.05) is 220 Å². The van der Waals surface area contributed by atoms with Crippen molar-refractivity contribution >= 4 is 32.7 Å². The summed E-state index contributed by atoms with van der Waals surface area (Å²) < 4.78 is 13.8. The van der Waals surface area contributed by atoms with E-state index in [1.165, 1.54) is 55.3 Å². The van der Waals surface area contributed by atoms with E-state index in [9.17, 15) is 0 Å². The zero-order valence-electron chi connectivity index (χ0n) is 45.4. The van der Waals surface area contributed by atoms with Gasteiger partial charge in [0, 0.05) is 28.8 Å². The molecule has 0 unspecified atom stereocenters. The molecule has 0 fully saturated rings. The van der Waals surface area contributed by atoms with Gasteiger partial charge in [-0.2, -0.15) is 0 Å². The van der Waals surface area contributed by atoms with Crippen LogP contribution < -0.4 is 9.30 Å². The largest absolute Gasteiger partial charge is 0.458 e. The van der Waals surface area contributed by atoms with Crippen LogP contribution in [0.1, 0.15) is 79.0 Å². The summed E-state index contributed by atoms with van der Waals surface area (Å²) in [5.41, 5.74) is 20.5. The first-order valence-corrected chi connectivity index (χ1v) is 26.9. The van der Waals surface area contributed by atoms with Crippen LogP contribution in [0.4, 0.5) is 0 Å². The van der Waals surface area contributed by atoms with Crippen LogP contribution in [0.25, 0.3) is 106 Å². The quantitative estimate of drug-likeness (QED) is 0.118. The van der Waals surface area contributed by atoms with Gasteiger partial charge in [-0.05, 0) is 125 Å². The third-order valence-corrected chi connectivity index (χ3v) is 15.6. The summed E-state index contributed by atoms with van der Waals surface area (Å²) in [5.74, 6) is 2.32. The summed E-state index contributed by atoms with van der Waals surface area (Å²) >= 11 is 0. The van der Waals surface area contributed by atoms with Crippen molar-refractivity contribution in [2.75, 3.05) is 0 Å². The van der Waals surface area contributed by atoms with Crippen LogP contribution in [0.15, 0.2) is 212 Å². The molecule has 77 heavy (non-hydrogen) atoms. The molecule has 1 aliphatic rings. The highest BCUT2D eigenvalue weighted by Crippen LogP contribution is 2.52. The lowest BCUT2D eigenvalue weighted by atomic mass is 9.84. The van der Waals surface area contributed by atoms with Crippen LogP contribution in [0.3, 0.4) is 0 Å². The highest BCUT2D eigenvalue weighted by Gasteiger charge is 2.30. The Balaban J connectivity index is 0.973. The molecule has 0 saturated carbocycles. The average Bonchev–Trinajstić information content (AvgIpc) is 3.96. The van der Waals surface area contributed by atoms with Crippen molar-refractivity contribution in [3.8, 4) is 84.5 Å². The van der Waals surface area contributed by atoms with Gasteiger partial charge < -0.3 is 4.74 Å². The maximum atomic E-state index is 7.02. The zero-order chi connectivity index (χ0) is 53.0. The number of hydrogen-bond donors (Lipinski definition) is 0. The van der Waals surface area contributed by atoms with Gasteiger partial charge in [0.15, 0.2) is 0 Å². The second-order valence-corrected chi connectivity index (χ2v) is 23.9. The molecule has 12 aromatic rings. The Hall–Kier alpha value is -8.80. The normalized spacial score (nSPS) is 12.5. The Morgan fingerprint density at radius 2 is 1.03 bits per heavy atom. The first-order chi connectivity index (χ1) is 37.1. The summed E-state index contributed by atoms with van der Waals surface area (Å²) in [6, 6.07) is 75.0. The summed E-state index contributed by atoms with van der Waals surface area (Å²) in [7, 11) is 0. The Labute approximate surface area is 452 Å². The molecule has 0 bridgehead atoms. The van der Waals surface area contributed by atoms with Gasteiger partial charge in [0.25, 0.3) is 6.33 Å². The van der Waals surface area contributed by atoms with E-state index in [0.29, 0.717) is 0 Å². The first-order valence-electron chi connectivity index (χ1n) is 26.9. The lowest BCUT2D eigenvalue weighted by Gasteiger charge is -2.23. The van der Waals surface area contributed by atoms with Gasteiger partial charge in [-0.25, -0.2) is 4.98 Å².